The van der Waals surface area contributed by atoms with E-state index in [1.165, 1.54) is 5.56 Å². The van der Waals surface area contributed by atoms with Crippen LogP contribution < -0.4 is 14.5 Å². The van der Waals surface area contributed by atoms with Crippen molar-refractivity contribution in [1.82, 2.24) is 9.88 Å². The third-order valence-electron chi connectivity index (χ3n) is 6.67. The Morgan fingerprint density at radius 1 is 0.692 bits per heavy atom. The Morgan fingerprint density at radius 3 is 2.21 bits per heavy atom. The Labute approximate surface area is 242 Å². The third kappa shape index (κ3) is 4.60. The van der Waals surface area contributed by atoms with E-state index in [-0.39, 0.29) is 21.1 Å². The van der Waals surface area contributed by atoms with Gasteiger partial charge in [0.05, 0.1) is 5.69 Å². The Kier molecular flexibility index (Phi) is 6.68. The van der Waals surface area contributed by atoms with Gasteiger partial charge in [0.25, 0.3) is 0 Å². The number of anilines is 4. The molecule has 5 nitrogen and oxygen atoms in total. The molecule has 0 saturated heterocycles. The van der Waals surface area contributed by atoms with Gasteiger partial charge in [-0.05, 0) is 43.2 Å². The Hall–Kier alpha value is -4.34. The largest absolute Gasteiger partial charge is 0.510 e. The van der Waals surface area contributed by atoms with E-state index in [2.05, 4.69) is 71.6 Å². The average molecular weight is 687 g/mol. The van der Waals surface area contributed by atoms with Crippen molar-refractivity contribution < 1.29 is 25.8 Å². The van der Waals surface area contributed by atoms with Gasteiger partial charge in [-0.1, -0.05) is 59.8 Å². The van der Waals surface area contributed by atoms with Crippen molar-refractivity contribution in [2.24, 2.45) is 0 Å². The van der Waals surface area contributed by atoms with Crippen LogP contribution in [0.3, 0.4) is 0 Å². The monoisotopic (exact) mass is 686 g/mol. The molecule has 0 spiro atoms. The zero-order chi connectivity index (χ0) is 25.5. The molecule has 4 aromatic carbocycles. The number of benzene rings is 4. The number of para-hydroxylation sites is 1. The number of nitrogens with zero attached hydrogens (tertiary/aromatic N) is 4. The van der Waals surface area contributed by atoms with E-state index in [0.717, 1.165) is 39.6 Å². The van der Waals surface area contributed by atoms with Gasteiger partial charge in [-0.3, -0.25) is 0 Å². The topological polar surface area (TPSA) is 31.8 Å². The van der Waals surface area contributed by atoms with E-state index in [1.54, 1.807) is 0 Å². The molecule has 194 valence electrons. The van der Waals surface area contributed by atoms with Crippen LogP contribution in [-0.4, -0.2) is 16.9 Å². The van der Waals surface area contributed by atoms with Crippen LogP contribution in [0.25, 0.3) is 22.3 Å². The molecular weight excluding hydrogens is 663 g/mol. The first kappa shape index (κ1) is 25.0. The molecule has 3 heterocycles. The quantitative estimate of drug-likeness (QED) is 0.176. The number of hydrogen-bond acceptors (Lipinski definition) is 5. The summed E-state index contributed by atoms with van der Waals surface area (Å²) in [6.45, 7) is 1.99. The molecule has 0 radical (unpaired) electrons. The minimum Gasteiger partial charge on any atom is -0.510 e. The van der Waals surface area contributed by atoms with Crippen molar-refractivity contribution in [3.05, 3.63) is 134 Å². The van der Waals surface area contributed by atoms with E-state index in [9.17, 15) is 0 Å². The van der Waals surface area contributed by atoms with E-state index in [1.807, 2.05) is 84.6 Å². The normalized spacial score (nSPS) is 13.2. The summed E-state index contributed by atoms with van der Waals surface area (Å²) < 4.78 is 6.34. The molecule has 1 aromatic heterocycles. The second-order valence-corrected chi connectivity index (χ2v) is 9.16. The van der Waals surface area contributed by atoms with Gasteiger partial charge in [0.1, 0.15) is 5.82 Å². The maximum Gasteiger partial charge on any atom is 0.135 e. The number of ether oxygens (including phenoxy) is 1. The summed E-state index contributed by atoms with van der Waals surface area (Å²) in [5.41, 5.74) is 7.34. The molecule has 6 heteroatoms. The number of aromatic nitrogens is 1. The minimum atomic E-state index is 0. The van der Waals surface area contributed by atoms with Crippen LogP contribution in [0.2, 0.25) is 0 Å². The summed E-state index contributed by atoms with van der Waals surface area (Å²) in [6, 6.07) is 39.8. The van der Waals surface area contributed by atoms with Crippen molar-refractivity contribution in [2.45, 2.75) is 0 Å². The summed E-state index contributed by atoms with van der Waals surface area (Å²) in [5.74, 6) is 2.04. The SMILES string of the molecule is CN1C=CN(c2[c-]c(Oc3[c-]c4c(cc3)-c3ccccc3-c3ccccc3N4c3ccccn3)ccc2)[CH-]1.[Pt]. The van der Waals surface area contributed by atoms with E-state index in [0.29, 0.717) is 11.5 Å². The Morgan fingerprint density at radius 2 is 1.44 bits per heavy atom. The fraction of sp³-hybridized carbons (Fsp3) is 0.0303. The fourth-order valence-electron chi connectivity index (χ4n) is 4.97. The van der Waals surface area contributed by atoms with E-state index in [4.69, 9.17) is 9.72 Å². The van der Waals surface area contributed by atoms with Crippen LogP contribution in [0.5, 0.6) is 11.5 Å². The van der Waals surface area contributed by atoms with Gasteiger partial charge in [-0.2, -0.15) is 18.8 Å². The summed E-state index contributed by atoms with van der Waals surface area (Å²) in [4.78, 5) is 10.9. The van der Waals surface area contributed by atoms with Crippen molar-refractivity contribution in [3.63, 3.8) is 0 Å². The van der Waals surface area contributed by atoms with Gasteiger partial charge in [-0.25, -0.2) is 4.98 Å². The smallest absolute Gasteiger partial charge is 0.135 e. The second kappa shape index (κ2) is 10.4. The van der Waals surface area contributed by atoms with Gasteiger partial charge in [-0.15, -0.1) is 41.6 Å². The summed E-state index contributed by atoms with van der Waals surface area (Å²) in [6.07, 6.45) is 5.80. The van der Waals surface area contributed by atoms with Crippen LogP contribution in [0, 0.1) is 18.8 Å². The molecule has 0 amide bonds. The third-order valence-corrected chi connectivity index (χ3v) is 6.67. The molecule has 0 bridgehead atoms. The Balaban J connectivity index is 0.00000277. The van der Waals surface area contributed by atoms with Crippen molar-refractivity contribution in [1.29, 1.82) is 0 Å². The summed E-state index contributed by atoms with van der Waals surface area (Å²) in [7, 11) is 1.99. The second-order valence-electron chi connectivity index (χ2n) is 9.16. The molecule has 2 aliphatic heterocycles. The fourth-order valence-corrected chi connectivity index (χ4v) is 4.97. The zero-order valence-electron chi connectivity index (χ0n) is 21.1. The molecule has 0 N–H and O–H groups in total. The Bertz CT molecular complexity index is 1670. The number of hydrogen-bond donors (Lipinski definition) is 0. The minimum absolute atomic E-state index is 0. The molecule has 0 atom stereocenters. The van der Waals surface area contributed by atoms with Crippen molar-refractivity contribution in [2.75, 3.05) is 16.8 Å². The average Bonchev–Trinajstić information content (AvgIpc) is 3.36. The molecule has 0 saturated carbocycles. The number of rotatable bonds is 4. The first-order valence-electron chi connectivity index (χ1n) is 12.4. The van der Waals surface area contributed by atoms with Crippen LogP contribution in [0.1, 0.15) is 0 Å². The molecule has 0 aliphatic carbocycles. The predicted octanol–water partition coefficient (Wildman–Crippen LogP) is 7.93. The predicted molar refractivity (Wildman–Crippen MR) is 151 cm³/mol. The molecule has 0 fully saturated rings. The summed E-state index contributed by atoms with van der Waals surface area (Å²) in [5, 5.41) is 0. The van der Waals surface area contributed by atoms with Crippen LogP contribution in [-0.2, 0) is 21.1 Å². The molecule has 2 aliphatic rings. The van der Waals surface area contributed by atoms with Crippen molar-refractivity contribution >= 4 is 22.9 Å². The maximum absolute atomic E-state index is 6.34. The first-order valence-corrected chi connectivity index (χ1v) is 12.4. The van der Waals surface area contributed by atoms with Crippen LogP contribution in [0.4, 0.5) is 22.9 Å². The first-order chi connectivity index (χ1) is 18.7. The van der Waals surface area contributed by atoms with E-state index >= 15 is 0 Å². The van der Waals surface area contributed by atoms with Crippen molar-refractivity contribution in [3.8, 4) is 33.8 Å². The van der Waals surface area contributed by atoms with Crippen LogP contribution >= 0.6 is 0 Å². The van der Waals surface area contributed by atoms with Gasteiger partial charge >= 0.3 is 0 Å². The van der Waals surface area contributed by atoms with Gasteiger partial charge in [0.15, 0.2) is 0 Å². The molecular formula is C33H23N4OPt-3. The van der Waals surface area contributed by atoms with Crippen LogP contribution in [0.15, 0.2) is 116 Å². The molecule has 0 unspecified atom stereocenters. The van der Waals surface area contributed by atoms with E-state index < -0.39 is 0 Å². The maximum atomic E-state index is 6.34. The number of pyridine rings is 1. The molecule has 39 heavy (non-hydrogen) atoms. The standard InChI is InChI=1S/C33H23N4O.Pt/c1-35-19-20-36(23-35)24-9-8-10-25(21-24)38-26-16-17-30-28-12-3-2-11-27(28)29-13-4-5-14-31(29)37(32(30)22-26)33-15-6-7-18-34-33;/h2-20,23H,1H3;/q-3;. The van der Waals surface area contributed by atoms with Gasteiger partial charge in [0, 0.05) is 44.3 Å². The van der Waals surface area contributed by atoms with Gasteiger partial charge < -0.3 is 19.4 Å². The summed E-state index contributed by atoms with van der Waals surface area (Å²) >= 11 is 0. The molecule has 5 aromatic rings. The number of fused-ring (bicyclic) bond motifs is 5. The molecule has 7 rings (SSSR count). The van der Waals surface area contributed by atoms with Gasteiger partial charge in [0.2, 0.25) is 0 Å². The zero-order valence-corrected chi connectivity index (χ0v) is 23.3.